The third-order valence-corrected chi connectivity index (χ3v) is 3.92. The Bertz CT molecular complexity index is 587. The first-order valence-electron chi connectivity index (χ1n) is 6.44. The van der Waals surface area contributed by atoms with E-state index in [0.717, 1.165) is 0 Å². The summed E-state index contributed by atoms with van der Waals surface area (Å²) in [6, 6.07) is 13.0. The summed E-state index contributed by atoms with van der Waals surface area (Å²) in [5, 5.41) is 3.92. The number of hydrogen-bond donors (Lipinski definition) is 1. The summed E-state index contributed by atoms with van der Waals surface area (Å²) in [7, 11) is 0. The molecule has 0 radical (unpaired) electrons. The Labute approximate surface area is 128 Å². The van der Waals surface area contributed by atoms with E-state index < -0.39 is 5.82 Å². The predicted octanol–water partition coefficient (Wildman–Crippen LogP) is 5.54. The maximum atomic E-state index is 13.6. The van der Waals surface area contributed by atoms with Gasteiger partial charge < -0.3 is 5.32 Å². The molecule has 1 unspecified atom stereocenters. The fourth-order valence-electron chi connectivity index (χ4n) is 2.17. The van der Waals surface area contributed by atoms with Crippen molar-refractivity contribution in [2.45, 2.75) is 25.9 Å². The van der Waals surface area contributed by atoms with Gasteiger partial charge in [0.2, 0.25) is 0 Å². The molecule has 1 nitrogen and oxygen atoms in total. The maximum absolute atomic E-state index is 13.6. The molecule has 0 aliphatic rings. The Balaban J connectivity index is 2.16. The highest BCUT2D eigenvalue weighted by molar-refractivity contribution is 6.35. The molecule has 2 rings (SSSR count). The lowest BCUT2D eigenvalue weighted by molar-refractivity contribution is 0.492. The van der Waals surface area contributed by atoms with Gasteiger partial charge in [-0.1, -0.05) is 53.5 Å². The first kappa shape index (κ1) is 15.3. The Morgan fingerprint density at radius 3 is 2.25 bits per heavy atom. The van der Waals surface area contributed by atoms with Crippen LogP contribution in [-0.2, 0) is 0 Å². The number of rotatable bonds is 4. The van der Waals surface area contributed by atoms with Crippen LogP contribution in [0.2, 0.25) is 10.0 Å². The van der Waals surface area contributed by atoms with Gasteiger partial charge in [0.05, 0.1) is 5.02 Å². The van der Waals surface area contributed by atoms with Crippen LogP contribution in [0.3, 0.4) is 0 Å². The molecule has 1 N–H and O–H groups in total. The van der Waals surface area contributed by atoms with Crippen molar-refractivity contribution < 1.29 is 4.39 Å². The van der Waals surface area contributed by atoms with Gasteiger partial charge in [-0.05, 0) is 37.1 Å². The second-order valence-corrected chi connectivity index (χ2v) is 5.62. The van der Waals surface area contributed by atoms with E-state index in [4.69, 9.17) is 23.2 Å². The quantitative estimate of drug-likeness (QED) is 0.730. The molecule has 0 aliphatic heterocycles. The molecule has 0 aromatic heterocycles. The van der Waals surface area contributed by atoms with Gasteiger partial charge >= 0.3 is 0 Å². The van der Waals surface area contributed by atoms with Crippen molar-refractivity contribution in [2.24, 2.45) is 0 Å². The van der Waals surface area contributed by atoms with Crippen LogP contribution in [0.4, 0.5) is 4.39 Å². The highest BCUT2D eigenvalue weighted by Crippen LogP contribution is 2.29. The third kappa shape index (κ3) is 3.51. The van der Waals surface area contributed by atoms with E-state index in [2.05, 4.69) is 24.4 Å². The molecule has 2 atom stereocenters. The molecule has 2 aromatic rings. The summed E-state index contributed by atoms with van der Waals surface area (Å²) in [6.45, 7) is 4.01. The van der Waals surface area contributed by atoms with Crippen molar-refractivity contribution >= 4 is 23.2 Å². The molecule has 0 amide bonds. The Morgan fingerprint density at radius 2 is 1.60 bits per heavy atom. The van der Waals surface area contributed by atoms with Crippen molar-refractivity contribution in [3.63, 3.8) is 0 Å². The first-order valence-corrected chi connectivity index (χ1v) is 7.20. The molecule has 4 heteroatoms. The minimum Gasteiger partial charge on any atom is -0.304 e. The lowest BCUT2D eigenvalue weighted by Gasteiger charge is -2.22. The smallest absolute Gasteiger partial charge is 0.142 e. The van der Waals surface area contributed by atoms with E-state index in [-0.39, 0.29) is 17.1 Å². The minimum absolute atomic E-state index is 0.0436. The van der Waals surface area contributed by atoms with E-state index >= 15 is 0 Å². The Morgan fingerprint density at radius 1 is 0.950 bits per heavy atom. The van der Waals surface area contributed by atoms with Crippen molar-refractivity contribution in [3.8, 4) is 0 Å². The van der Waals surface area contributed by atoms with Gasteiger partial charge in [-0.2, -0.15) is 0 Å². The molecule has 2 aromatic carbocycles. The average molecular weight is 312 g/mol. The summed E-state index contributed by atoms with van der Waals surface area (Å²) in [4.78, 5) is 0. The summed E-state index contributed by atoms with van der Waals surface area (Å²) in [5.41, 5.74) is 1.88. The zero-order chi connectivity index (χ0) is 14.7. The molecule has 20 heavy (non-hydrogen) atoms. The molecular formula is C16H16Cl2FN. The topological polar surface area (TPSA) is 12.0 Å². The van der Waals surface area contributed by atoms with Gasteiger partial charge in [0.15, 0.2) is 0 Å². The van der Waals surface area contributed by atoms with Crippen LogP contribution in [0.5, 0.6) is 0 Å². The fourth-order valence-corrected chi connectivity index (χ4v) is 2.72. The number of benzene rings is 2. The number of nitrogens with one attached hydrogen (secondary N) is 1. The molecule has 0 heterocycles. The van der Waals surface area contributed by atoms with E-state index in [9.17, 15) is 4.39 Å². The number of hydrogen-bond acceptors (Lipinski definition) is 1. The Kier molecular flexibility index (Phi) is 5.03. The summed E-state index contributed by atoms with van der Waals surface area (Å²) in [6.07, 6.45) is 0. The van der Waals surface area contributed by atoms with Gasteiger partial charge in [-0.25, -0.2) is 4.39 Å². The summed E-state index contributed by atoms with van der Waals surface area (Å²) < 4.78 is 13.6. The molecule has 0 saturated carbocycles. The molecular weight excluding hydrogens is 296 g/mol. The highest BCUT2D eigenvalue weighted by atomic mass is 35.5. The second-order valence-electron chi connectivity index (χ2n) is 4.81. The largest absolute Gasteiger partial charge is 0.304 e. The van der Waals surface area contributed by atoms with Gasteiger partial charge in [-0.3, -0.25) is 0 Å². The molecule has 0 bridgehead atoms. The molecule has 0 saturated heterocycles. The van der Waals surface area contributed by atoms with E-state index in [1.54, 1.807) is 0 Å². The van der Waals surface area contributed by atoms with E-state index in [1.165, 1.54) is 17.7 Å². The van der Waals surface area contributed by atoms with Gasteiger partial charge in [0.25, 0.3) is 0 Å². The minimum atomic E-state index is -0.452. The van der Waals surface area contributed by atoms with E-state index in [1.807, 2.05) is 25.1 Å². The lowest BCUT2D eigenvalue weighted by atomic mass is 10.0. The summed E-state index contributed by atoms with van der Waals surface area (Å²) in [5.74, 6) is -0.452. The van der Waals surface area contributed by atoms with Crippen molar-refractivity contribution in [3.05, 3.63) is 69.5 Å². The molecule has 0 fully saturated rings. The van der Waals surface area contributed by atoms with Crippen molar-refractivity contribution in [1.29, 1.82) is 0 Å². The second kappa shape index (κ2) is 6.57. The predicted molar refractivity (Wildman–Crippen MR) is 82.8 cm³/mol. The van der Waals surface area contributed by atoms with E-state index in [0.29, 0.717) is 10.6 Å². The van der Waals surface area contributed by atoms with Crippen molar-refractivity contribution in [2.75, 3.05) is 0 Å². The maximum Gasteiger partial charge on any atom is 0.142 e. The molecule has 106 valence electrons. The SMILES string of the molecule is CC(N[C@@H](C)c1ccccc1)c1cc(F)c(Cl)cc1Cl. The van der Waals surface area contributed by atoms with Gasteiger partial charge in [0.1, 0.15) is 5.82 Å². The van der Waals surface area contributed by atoms with Gasteiger partial charge in [-0.15, -0.1) is 0 Å². The lowest BCUT2D eigenvalue weighted by Crippen LogP contribution is -2.22. The Hall–Kier alpha value is -1.09. The standard InChI is InChI=1S/C16H16Cl2FN/c1-10(12-6-4-3-5-7-12)20-11(2)13-8-16(19)15(18)9-14(13)17/h3-11,20H,1-2H3/t10-,11?/m0/s1. The van der Waals surface area contributed by atoms with Crippen molar-refractivity contribution in [1.82, 2.24) is 5.32 Å². The zero-order valence-corrected chi connectivity index (χ0v) is 12.8. The monoisotopic (exact) mass is 311 g/mol. The molecule has 0 spiro atoms. The number of halogens is 3. The van der Waals surface area contributed by atoms with Crippen LogP contribution in [0.25, 0.3) is 0 Å². The van der Waals surface area contributed by atoms with Gasteiger partial charge in [0, 0.05) is 17.1 Å². The third-order valence-electron chi connectivity index (χ3n) is 3.31. The average Bonchev–Trinajstić information content (AvgIpc) is 2.43. The molecule has 0 aliphatic carbocycles. The van der Waals surface area contributed by atoms with Crippen LogP contribution in [-0.4, -0.2) is 0 Å². The van der Waals surface area contributed by atoms with Crippen LogP contribution in [0.1, 0.15) is 37.1 Å². The first-order chi connectivity index (χ1) is 9.49. The van der Waals surface area contributed by atoms with Crippen LogP contribution in [0.15, 0.2) is 42.5 Å². The zero-order valence-electron chi connectivity index (χ0n) is 11.3. The summed E-state index contributed by atoms with van der Waals surface area (Å²) >= 11 is 11.8. The van der Waals surface area contributed by atoms with Crippen LogP contribution in [0, 0.1) is 5.82 Å². The normalized spacial score (nSPS) is 14.1. The fraction of sp³-hybridized carbons (Fsp3) is 0.250. The van der Waals surface area contributed by atoms with Crippen LogP contribution < -0.4 is 5.32 Å². The van der Waals surface area contributed by atoms with Crippen LogP contribution >= 0.6 is 23.2 Å². The highest BCUT2D eigenvalue weighted by Gasteiger charge is 2.16.